The number of hydrogen-bond acceptors (Lipinski definition) is 2. The van der Waals surface area contributed by atoms with Gasteiger partial charge in [-0.3, -0.25) is 9.48 Å². The summed E-state index contributed by atoms with van der Waals surface area (Å²) < 4.78 is 1.61. The molecule has 0 aromatic carbocycles. The number of Topliss-reactive ketones (excluding diaryl/α,β-unsaturated/α-hetero) is 1. The first-order chi connectivity index (χ1) is 7.45. The van der Waals surface area contributed by atoms with E-state index < -0.39 is 0 Å². The lowest BCUT2D eigenvalue weighted by atomic mass is 9.98. The predicted octanol–water partition coefficient (Wildman–Crippen LogP) is 2.93. The molecule has 0 saturated heterocycles. The van der Waals surface area contributed by atoms with Crippen molar-refractivity contribution in [2.75, 3.05) is 0 Å². The van der Waals surface area contributed by atoms with Gasteiger partial charge in [-0.2, -0.15) is 5.10 Å². The van der Waals surface area contributed by atoms with Crippen LogP contribution < -0.4 is 0 Å². The fourth-order valence-electron chi connectivity index (χ4n) is 1.68. The maximum atomic E-state index is 11.8. The normalized spacial score (nSPS) is 12.8. The summed E-state index contributed by atoms with van der Waals surface area (Å²) >= 11 is 6.08. The summed E-state index contributed by atoms with van der Waals surface area (Å²) in [6.07, 6.45) is 2.06. The van der Waals surface area contributed by atoms with Crippen molar-refractivity contribution < 1.29 is 4.79 Å². The van der Waals surface area contributed by atoms with Crippen LogP contribution in [-0.4, -0.2) is 15.6 Å². The molecule has 0 fully saturated rings. The SMILES string of the molecule is CCC(C)CC(=O)Cc1c(C)nn(C)c1Cl. The fraction of sp³-hybridized carbons (Fsp3) is 0.667. The van der Waals surface area contributed by atoms with E-state index in [1.807, 2.05) is 6.92 Å². The molecule has 1 heterocycles. The summed E-state index contributed by atoms with van der Waals surface area (Å²) in [5.41, 5.74) is 1.72. The topological polar surface area (TPSA) is 34.9 Å². The third-order valence-corrected chi connectivity index (χ3v) is 3.39. The molecule has 4 heteroatoms. The lowest BCUT2D eigenvalue weighted by molar-refractivity contribution is -0.119. The van der Waals surface area contributed by atoms with Crippen LogP contribution in [0.3, 0.4) is 0 Å². The molecule has 0 spiro atoms. The van der Waals surface area contributed by atoms with Crippen molar-refractivity contribution in [2.45, 2.75) is 40.0 Å². The lowest BCUT2D eigenvalue weighted by Gasteiger charge is -2.06. The molecule has 1 rings (SSSR count). The van der Waals surface area contributed by atoms with Crippen LogP contribution in [0.1, 0.15) is 37.9 Å². The van der Waals surface area contributed by atoms with Gasteiger partial charge in [-0.25, -0.2) is 0 Å². The van der Waals surface area contributed by atoms with Crippen LogP contribution in [0.25, 0.3) is 0 Å². The maximum absolute atomic E-state index is 11.8. The molecular formula is C12H19ClN2O. The van der Waals surface area contributed by atoms with Crippen LogP contribution in [0.4, 0.5) is 0 Å². The van der Waals surface area contributed by atoms with Crippen molar-refractivity contribution in [1.29, 1.82) is 0 Å². The third kappa shape index (κ3) is 3.08. The van der Waals surface area contributed by atoms with Crippen molar-refractivity contribution in [3.05, 3.63) is 16.4 Å². The molecule has 3 nitrogen and oxygen atoms in total. The minimum absolute atomic E-state index is 0.243. The van der Waals surface area contributed by atoms with E-state index in [2.05, 4.69) is 18.9 Å². The lowest BCUT2D eigenvalue weighted by Crippen LogP contribution is -2.08. The number of carbonyl (C=O) groups is 1. The van der Waals surface area contributed by atoms with Crippen molar-refractivity contribution in [2.24, 2.45) is 13.0 Å². The Hall–Kier alpha value is -0.830. The number of carbonyl (C=O) groups excluding carboxylic acids is 1. The Morgan fingerprint density at radius 1 is 1.56 bits per heavy atom. The van der Waals surface area contributed by atoms with Gasteiger partial charge in [0.15, 0.2) is 0 Å². The number of rotatable bonds is 5. The molecule has 0 aliphatic rings. The van der Waals surface area contributed by atoms with E-state index in [1.165, 1.54) is 0 Å². The molecular weight excluding hydrogens is 224 g/mol. The van der Waals surface area contributed by atoms with E-state index in [4.69, 9.17) is 11.6 Å². The van der Waals surface area contributed by atoms with Crippen LogP contribution in [0.5, 0.6) is 0 Å². The van der Waals surface area contributed by atoms with Gasteiger partial charge in [-0.05, 0) is 12.8 Å². The van der Waals surface area contributed by atoms with Gasteiger partial charge in [0.2, 0.25) is 0 Å². The Bertz CT molecular complexity index is 385. The average Bonchev–Trinajstić information content (AvgIpc) is 2.45. The molecule has 1 unspecified atom stereocenters. The largest absolute Gasteiger partial charge is 0.299 e. The molecule has 1 atom stereocenters. The highest BCUT2D eigenvalue weighted by molar-refractivity contribution is 6.30. The van der Waals surface area contributed by atoms with E-state index in [9.17, 15) is 4.79 Å². The Kier molecular flexibility index (Phi) is 4.54. The monoisotopic (exact) mass is 242 g/mol. The Balaban J connectivity index is 2.70. The zero-order valence-electron chi connectivity index (χ0n) is 10.4. The zero-order valence-corrected chi connectivity index (χ0v) is 11.1. The highest BCUT2D eigenvalue weighted by atomic mass is 35.5. The smallest absolute Gasteiger partial charge is 0.137 e. The Morgan fingerprint density at radius 3 is 2.62 bits per heavy atom. The van der Waals surface area contributed by atoms with Crippen LogP contribution in [-0.2, 0) is 18.3 Å². The molecule has 0 bridgehead atoms. The quantitative estimate of drug-likeness (QED) is 0.796. The molecule has 0 aliphatic heterocycles. The van der Waals surface area contributed by atoms with Gasteiger partial charge in [0, 0.05) is 25.5 Å². The summed E-state index contributed by atoms with van der Waals surface area (Å²) in [7, 11) is 1.79. The molecule has 0 saturated carbocycles. The number of ketones is 1. The number of nitrogens with zero attached hydrogens (tertiary/aromatic N) is 2. The number of aromatic nitrogens is 2. The van der Waals surface area contributed by atoms with Gasteiger partial charge in [-0.15, -0.1) is 0 Å². The van der Waals surface area contributed by atoms with Gasteiger partial charge >= 0.3 is 0 Å². The highest BCUT2D eigenvalue weighted by Gasteiger charge is 2.16. The first kappa shape index (κ1) is 13.2. The van der Waals surface area contributed by atoms with E-state index >= 15 is 0 Å². The van der Waals surface area contributed by atoms with Crippen molar-refractivity contribution >= 4 is 17.4 Å². The molecule has 16 heavy (non-hydrogen) atoms. The molecule has 0 amide bonds. The van der Waals surface area contributed by atoms with Gasteiger partial charge in [0.05, 0.1) is 5.69 Å². The van der Waals surface area contributed by atoms with E-state index in [0.717, 1.165) is 17.7 Å². The summed E-state index contributed by atoms with van der Waals surface area (Å²) in [5, 5.41) is 4.77. The number of halogens is 1. The first-order valence-corrected chi connectivity index (χ1v) is 6.03. The van der Waals surface area contributed by atoms with Crippen LogP contribution in [0, 0.1) is 12.8 Å². The van der Waals surface area contributed by atoms with E-state index in [-0.39, 0.29) is 5.78 Å². The molecule has 0 radical (unpaired) electrons. The van der Waals surface area contributed by atoms with Gasteiger partial charge in [0.1, 0.15) is 10.9 Å². The summed E-state index contributed by atoms with van der Waals surface area (Å²) in [4.78, 5) is 11.8. The zero-order chi connectivity index (χ0) is 12.3. The fourth-order valence-corrected chi connectivity index (χ4v) is 1.92. The summed E-state index contributed by atoms with van der Waals surface area (Å²) in [6.45, 7) is 6.08. The number of hydrogen-bond donors (Lipinski definition) is 0. The second-order valence-corrected chi connectivity index (χ2v) is 4.77. The molecule has 1 aromatic heterocycles. The minimum atomic E-state index is 0.243. The Morgan fingerprint density at radius 2 is 2.19 bits per heavy atom. The molecule has 0 N–H and O–H groups in total. The van der Waals surface area contributed by atoms with Crippen molar-refractivity contribution in [3.63, 3.8) is 0 Å². The molecule has 0 aliphatic carbocycles. The molecule has 1 aromatic rings. The maximum Gasteiger partial charge on any atom is 0.137 e. The second kappa shape index (κ2) is 5.48. The van der Waals surface area contributed by atoms with Crippen molar-refractivity contribution in [3.8, 4) is 0 Å². The summed E-state index contributed by atoms with van der Waals surface area (Å²) in [6, 6.07) is 0. The van der Waals surface area contributed by atoms with Crippen molar-refractivity contribution in [1.82, 2.24) is 9.78 Å². The minimum Gasteiger partial charge on any atom is -0.299 e. The van der Waals surface area contributed by atoms with Gasteiger partial charge in [-0.1, -0.05) is 31.9 Å². The van der Waals surface area contributed by atoms with Crippen LogP contribution >= 0.6 is 11.6 Å². The predicted molar refractivity (Wildman–Crippen MR) is 65.7 cm³/mol. The highest BCUT2D eigenvalue weighted by Crippen LogP contribution is 2.20. The standard InChI is InChI=1S/C12H19ClN2O/c1-5-8(2)6-10(16)7-11-9(3)14-15(4)12(11)13/h8H,5-7H2,1-4H3. The van der Waals surface area contributed by atoms with Gasteiger partial charge < -0.3 is 0 Å². The van der Waals surface area contributed by atoms with Crippen LogP contribution in [0.15, 0.2) is 0 Å². The molecule has 90 valence electrons. The van der Waals surface area contributed by atoms with Gasteiger partial charge in [0.25, 0.3) is 0 Å². The van der Waals surface area contributed by atoms with E-state index in [0.29, 0.717) is 23.9 Å². The van der Waals surface area contributed by atoms with Crippen LogP contribution in [0.2, 0.25) is 5.15 Å². The average molecular weight is 243 g/mol. The van der Waals surface area contributed by atoms with E-state index in [1.54, 1.807) is 11.7 Å². The third-order valence-electron chi connectivity index (χ3n) is 2.92. The first-order valence-electron chi connectivity index (χ1n) is 5.65. The number of aryl methyl sites for hydroxylation is 2. The Labute approximate surface area is 102 Å². The second-order valence-electron chi connectivity index (χ2n) is 4.41. The summed E-state index contributed by atoms with van der Waals surface area (Å²) in [5.74, 6) is 0.690.